The van der Waals surface area contributed by atoms with E-state index in [0.717, 1.165) is 5.56 Å². The van der Waals surface area contributed by atoms with Gasteiger partial charge in [0.25, 0.3) is 0 Å². The molecular formula is C10H9ClFNO2. The maximum absolute atomic E-state index is 12.9. The topological polar surface area (TPSA) is 38.3 Å². The van der Waals surface area contributed by atoms with Crippen molar-refractivity contribution in [3.8, 4) is 0 Å². The lowest BCUT2D eigenvalue weighted by Crippen LogP contribution is -2.38. The van der Waals surface area contributed by atoms with E-state index in [-0.39, 0.29) is 23.6 Å². The minimum absolute atomic E-state index is 0.0274. The molecule has 0 aromatic heterocycles. The van der Waals surface area contributed by atoms with Crippen molar-refractivity contribution in [2.75, 3.05) is 13.2 Å². The maximum atomic E-state index is 12.9. The average Bonchev–Trinajstić information content (AvgIpc) is 2.23. The number of morpholine rings is 1. The fourth-order valence-electron chi connectivity index (χ4n) is 1.42. The fourth-order valence-corrected chi connectivity index (χ4v) is 1.61. The first-order valence-corrected chi connectivity index (χ1v) is 4.88. The van der Waals surface area contributed by atoms with E-state index < -0.39 is 5.82 Å². The highest BCUT2D eigenvalue weighted by Gasteiger charge is 2.20. The Balaban J connectivity index is 2.16. The van der Waals surface area contributed by atoms with Crippen LogP contribution < -0.4 is 5.32 Å². The van der Waals surface area contributed by atoms with Crippen LogP contribution in [0.4, 0.5) is 4.39 Å². The van der Waals surface area contributed by atoms with Gasteiger partial charge in [-0.15, -0.1) is 0 Å². The van der Waals surface area contributed by atoms with Crippen molar-refractivity contribution in [2.24, 2.45) is 0 Å². The van der Waals surface area contributed by atoms with Gasteiger partial charge in [-0.2, -0.15) is 0 Å². The van der Waals surface area contributed by atoms with E-state index in [4.69, 9.17) is 16.3 Å². The summed E-state index contributed by atoms with van der Waals surface area (Å²) < 4.78 is 18.2. The number of benzene rings is 1. The zero-order valence-electron chi connectivity index (χ0n) is 7.80. The Hall–Kier alpha value is -1.13. The summed E-state index contributed by atoms with van der Waals surface area (Å²) in [6, 6.07) is 4.40. The number of carbonyl (C=O) groups excluding carboxylic acids is 1. The molecule has 0 spiro atoms. The number of hydrogen-bond donors (Lipinski definition) is 1. The summed E-state index contributed by atoms with van der Waals surface area (Å²) in [4.78, 5) is 10.8. The van der Waals surface area contributed by atoms with E-state index in [9.17, 15) is 9.18 Å². The number of halogens is 2. The summed E-state index contributed by atoms with van der Waals surface area (Å²) in [6.07, 6.45) is -0.249. The molecule has 3 nitrogen and oxygen atoms in total. The molecule has 1 saturated heterocycles. The molecule has 1 atom stereocenters. The summed E-state index contributed by atoms with van der Waals surface area (Å²) in [6.45, 7) is 0.417. The highest BCUT2D eigenvalue weighted by atomic mass is 35.5. The Morgan fingerprint density at radius 3 is 2.93 bits per heavy atom. The molecule has 0 aliphatic carbocycles. The Morgan fingerprint density at radius 2 is 2.33 bits per heavy atom. The van der Waals surface area contributed by atoms with Crippen LogP contribution in [-0.4, -0.2) is 19.1 Å². The van der Waals surface area contributed by atoms with E-state index in [1.165, 1.54) is 12.1 Å². The predicted octanol–water partition coefficient (Wildman–Crippen LogP) is 1.67. The SMILES string of the molecule is O=C1COC(c2ccc(F)c(Cl)c2)CN1. The second-order valence-corrected chi connectivity index (χ2v) is 3.68. The smallest absolute Gasteiger partial charge is 0.246 e. The Morgan fingerprint density at radius 1 is 1.53 bits per heavy atom. The molecule has 1 aliphatic rings. The molecule has 1 aromatic carbocycles. The number of rotatable bonds is 1. The summed E-state index contributed by atoms with van der Waals surface area (Å²) in [5.74, 6) is -0.597. The first kappa shape index (κ1) is 10.4. The van der Waals surface area contributed by atoms with Gasteiger partial charge in [-0.1, -0.05) is 17.7 Å². The van der Waals surface area contributed by atoms with Gasteiger partial charge in [0.2, 0.25) is 5.91 Å². The molecule has 0 saturated carbocycles. The van der Waals surface area contributed by atoms with E-state index in [2.05, 4.69) is 5.32 Å². The second kappa shape index (κ2) is 4.16. The van der Waals surface area contributed by atoms with Crippen molar-refractivity contribution in [2.45, 2.75) is 6.10 Å². The van der Waals surface area contributed by atoms with E-state index >= 15 is 0 Å². The molecule has 80 valence electrons. The van der Waals surface area contributed by atoms with Crippen LogP contribution in [0.15, 0.2) is 18.2 Å². The monoisotopic (exact) mass is 229 g/mol. The minimum atomic E-state index is -0.458. The molecule has 1 aromatic rings. The molecule has 1 fully saturated rings. The van der Waals surface area contributed by atoms with Crippen LogP contribution in [-0.2, 0) is 9.53 Å². The number of nitrogens with one attached hydrogen (secondary N) is 1. The van der Waals surface area contributed by atoms with E-state index in [1.54, 1.807) is 6.07 Å². The van der Waals surface area contributed by atoms with Gasteiger partial charge in [-0.25, -0.2) is 4.39 Å². The van der Waals surface area contributed by atoms with Gasteiger partial charge in [-0.05, 0) is 17.7 Å². The predicted molar refractivity (Wildman–Crippen MR) is 53.1 cm³/mol. The standard InChI is InChI=1S/C10H9ClFNO2/c11-7-3-6(1-2-8(7)12)9-4-13-10(14)5-15-9/h1-3,9H,4-5H2,(H,13,14). The largest absolute Gasteiger partial charge is 0.362 e. The highest BCUT2D eigenvalue weighted by molar-refractivity contribution is 6.30. The zero-order valence-corrected chi connectivity index (χ0v) is 8.55. The zero-order chi connectivity index (χ0) is 10.8. The van der Waals surface area contributed by atoms with Gasteiger partial charge >= 0.3 is 0 Å². The molecule has 1 aliphatic heterocycles. The average molecular weight is 230 g/mol. The molecule has 1 unspecified atom stereocenters. The number of ether oxygens (including phenoxy) is 1. The third-order valence-corrected chi connectivity index (χ3v) is 2.51. The Labute approximate surface area is 91.2 Å². The van der Waals surface area contributed by atoms with Crippen LogP contribution in [0.3, 0.4) is 0 Å². The van der Waals surface area contributed by atoms with E-state index in [0.29, 0.717) is 6.54 Å². The lowest BCUT2D eigenvalue weighted by Gasteiger charge is -2.23. The van der Waals surface area contributed by atoms with Crippen LogP contribution in [0.5, 0.6) is 0 Å². The van der Waals surface area contributed by atoms with E-state index in [1.807, 2.05) is 0 Å². The summed E-state index contributed by atoms with van der Waals surface area (Å²) in [5, 5.41) is 2.73. The summed E-state index contributed by atoms with van der Waals surface area (Å²) in [5.41, 5.74) is 0.765. The molecular weight excluding hydrogens is 221 g/mol. The van der Waals surface area contributed by atoms with Crippen LogP contribution in [0, 0.1) is 5.82 Å². The normalized spacial score (nSPS) is 21.2. The van der Waals surface area contributed by atoms with Gasteiger partial charge in [0.15, 0.2) is 0 Å². The van der Waals surface area contributed by atoms with Crippen LogP contribution >= 0.6 is 11.6 Å². The quantitative estimate of drug-likeness (QED) is 0.796. The van der Waals surface area contributed by atoms with Crippen molar-refractivity contribution >= 4 is 17.5 Å². The van der Waals surface area contributed by atoms with Gasteiger partial charge in [-0.3, -0.25) is 4.79 Å². The molecule has 1 N–H and O–H groups in total. The van der Waals surface area contributed by atoms with Gasteiger partial charge < -0.3 is 10.1 Å². The second-order valence-electron chi connectivity index (χ2n) is 3.28. The van der Waals surface area contributed by atoms with Crippen LogP contribution in [0.25, 0.3) is 0 Å². The third-order valence-electron chi connectivity index (χ3n) is 2.22. The number of carbonyl (C=O) groups is 1. The summed E-state index contributed by atoms with van der Waals surface area (Å²) in [7, 11) is 0. The minimum Gasteiger partial charge on any atom is -0.362 e. The van der Waals surface area contributed by atoms with Gasteiger partial charge in [0, 0.05) is 6.54 Å². The maximum Gasteiger partial charge on any atom is 0.246 e. The fraction of sp³-hybridized carbons (Fsp3) is 0.300. The molecule has 1 amide bonds. The molecule has 5 heteroatoms. The first-order chi connectivity index (χ1) is 7.16. The molecule has 0 radical (unpaired) electrons. The molecule has 2 rings (SSSR count). The van der Waals surface area contributed by atoms with Crippen molar-refractivity contribution in [1.82, 2.24) is 5.32 Å². The van der Waals surface area contributed by atoms with Crippen molar-refractivity contribution < 1.29 is 13.9 Å². The van der Waals surface area contributed by atoms with Crippen molar-refractivity contribution in [3.05, 3.63) is 34.6 Å². The molecule has 0 bridgehead atoms. The first-order valence-electron chi connectivity index (χ1n) is 4.50. The lowest BCUT2D eigenvalue weighted by molar-refractivity contribution is -0.133. The summed E-state index contributed by atoms with van der Waals surface area (Å²) >= 11 is 5.64. The Kier molecular flexibility index (Phi) is 2.88. The van der Waals surface area contributed by atoms with Crippen molar-refractivity contribution in [3.63, 3.8) is 0 Å². The lowest BCUT2D eigenvalue weighted by atomic mass is 10.1. The Bertz CT molecular complexity index is 387. The molecule has 15 heavy (non-hydrogen) atoms. The number of hydrogen-bond acceptors (Lipinski definition) is 2. The van der Waals surface area contributed by atoms with Gasteiger partial charge in [0.05, 0.1) is 5.02 Å². The number of amides is 1. The van der Waals surface area contributed by atoms with Crippen LogP contribution in [0.1, 0.15) is 11.7 Å². The molecule has 1 heterocycles. The van der Waals surface area contributed by atoms with Gasteiger partial charge in [0.1, 0.15) is 18.5 Å². The van der Waals surface area contributed by atoms with Crippen LogP contribution in [0.2, 0.25) is 5.02 Å². The van der Waals surface area contributed by atoms with Crippen molar-refractivity contribution in [1.29, 1.82) is 0 Å². The highest BCUT2D eigenvalue weighted by Crippen LogP contribution is 2.23. The third kappa shape index (κ3) is 2.27.